The van der Waals surface area contributed by atoms with Crippen LogP contribution >= 0.6 is 11.6 Å². The minimum Gasteiger partial charge on any atom is -0.494 e. The van der Waals surface area contributed by atoms with E-state index in [0.29, 0.717) is 22.1 Å². The Bertz CT molecular complexity index is 1330. The summed E-state index contributed by atoms with van der Waals surface area (Å²) in [6.45, 7) is 3.69. The highest BCUT2D eigenvalue weighted by atomic mass is 35.5. The van der Waals surface area contributed by atoms with E-state index in [2.05, 4.69) is 4.98 Å². The normalized spacial score (nSPS) is 11.9. The Hall–Kier alpha value is -3.58. The summed E-state index contributed by atoms with van der Waals surface area (Å²) in [5.41, 5.74) is 1.91. The second-order valence-corrected chi connectivity index (χ2v) is 7.76. The van der Waals surface area contributed by atoms with Gasteiger partial charge in [-0.1, -0.05) is 23.7 Å². The van der Waals surface area contributed by atoms with Crippen LogP contribution in [0.3, 0.4) is 0 Å². The van der Waals surface area contributed by atoms with Crippen molar-refractivity contribution >= 4 is 11.6 Å². The van der Waals surface area contributed by atoms with E-state index in [-0.39, 0.29) is 17.1 Å². The molecule has 0 aliphatic carbocycles. The van der Waals surface area contributed by atoms with Crippen LogP contribution in [-0.2, 0) is 0 Å². The lowest BCUT2D eigenvalue weighted by atomic mass is 10.1. The summed E-state index contributed by atoms with van der Waals surface area (Å²) in [6, 6.07) is 12.3. The lowest BCUT2D eigenvalue weighted by molar-refractivity contribution is 0.406. The van der Waals surface area contributed by atoms with Crippen molar-refractivity contribution < 1.29 is 13.9 Å². The quantitative estimate of drug-likeness (QED) is 0.384. The number of benzene rings is 2. The first kappa shape index (κ1) is 21.6. The van der Waals surface area contributed by atoms with Crippen molar-refractivity contribution in [3.63, 3.8) is 0 Å². The van der Waals surface area contributed by atoms with Crippen LogP contribution < -0.4 is 15.0 Å². The maximum Gasteiger partial charge on any atom is 0.294 e. The molecule has 32 heavy (non-hydrogen) atoms. The van der Waals surface area contributed by atoms with Gasteiger partial charge in [0.2, 0.25) is 0 Å². The number of aryl methyl sites for hydroxylation is 1. The molecule has 0 radical (unpaired) electrons. The molecular weight excluding hydrogens is 433 g/mol. The number of imidazole rings is 1. The molecule has 0 saturated carbocycles. The zero-order chi connectivity index (χ0) is 22.8. The second kappa shape index (κ2) is 8.88. The molecule has 2 heterocycles. The first-order valence-electron chi connectivity index (χ1n) is 9.89. The minimum atomic E-state index is -0.444. The highest BCUT2D eigenvalue weighted by Crippen LogP contribution is 2.31. The van der Waals surface area contributed by atoms with Crippen LogP contribution in [0.15, 0.2) is 72.0 Å². The first-order chi connectivity index (χ1) is 15.4. The van der Waals surface area contributed by atoms with E-state index < -0.39 is 6.04 Å². The third-order valence-corrected chi connectivity index (χ3v) is 5.30. The van der Waals surface area contributed by atoms with Crippen molar-refractivity contribution in [2.75, 3.05) is 7.11 Å². The molecule has 0 amide bonds. The van der Waals surface area contributed by atoms with Crippen molar-refractivity contribution in [2.24, 2.45) is 0 Å². The molecule has 0 saturated heterocycles. The summed E-state index contributed by atoms with van der Waals surface area (Å²) >= 11 is 6.27. The monoisotopic (exact) mass is 453 g/mol. The molecule has 0 aliphatic rings. The molecule has 2 aromatic carbocycles. The first-order valence-corrected chi connectivity index (χ1v) is 10.3. The molecule has 164 valence electrons. The van der Waals surface area contributed by atoms with Crippen molar-refractivity contribution in [3.8, 4) is 22.9 Å². The third kappa shape index (κ3) is 4.38. The van der Waals surface area contributed by atoms with Gasteiger partial charge in [0, 0.05) is 24.5 Å². The predicted octanol–water partition coefficient (Wildman–Crippen LogP) is 5.55. The molecule has 2 aromatic heterocycles. The van der Waals surface area contributed by atoms with Gasteiger partial charge in [0.1, 0.15) is 17.3 Å². The Morgan fingerprint density at radius 3 is 2.59 bits per heavy atom. The van der Waals surface area contributed by atoms with Gasteiger partial charge >= 0.3 is 0 Å². The predicted molar refractivity (Wildman–Crippen MR) is 121 cm³/mol. The van der Waals surface area contributed by atoms with E-state index in [4.69, 9.17) is 21.1 Å². The number of rotatable bonds is 6. The van der Waals surface area contributed by atoms with Crippen molar-refractivity contribution in [1.29, 1.82) is 0 Å². The number of nitrogens with zero attached hydrogens (tertiary/aromatic N) is 3. The zero-order valence-electron chi connectivity index (χ0n) is 17.8. The summed E-state index contributed by atoms with van der Waals surface area (Å²) in [6.07, 6.45) is 5.08. The highest BCUT2D eigenvalue weighted by Gasteiger charge is 2.16. The van der Waals surface area contributed by atoms with Gasteiger partial charge in [0.15, 0.2) is 5.75 Å². The molecule has 1 atom stereocenters. The van der Waals surface area contributed by atoms with Crippen LogP contribution in [0.4, 0.5) is 4.39 Å². The van der Waals surface area contributed by atoms with Crippen LogP contribution in [0.5, 0.6) is 17.2 Å². The lowest BCUT2D eigenvalue weighted by Gasteiger charge is -2.18. The molecule has 8 heteroatoms. The van der Waals surface area contributed by atoms with E-state index in [1.165, 1.54) is 29.0 Å². The SMILES string of the molecule is COc1cc(Oc2cc(Cl)cn([C@@H](C)c3cccc(F)c3)c2=O)ccc1-n1cnc(C)c1. The van der Waals surface area contributed by atoms with Crippen molar-refractivity contribution in [3.05, 3.63) is 99.7 Å². The third-order valence-electron chi connectivity index (χ3n) is 5.09. The summed E-state index contributed by atoms with van der Waals surface area (Å²) < 4.78 is 28.3. The molecule has 4 rings (SSSR count). The Labute approximate surface area is 189 Å². The Morgan fingerprint density at radius 1 is 1.09 bits per heavy atom. The fraction of sp³-hybridized carbons (Fsp3) is 0.167. The molecule has 4 aromatic rings. The highest BCUT2D eigenvalue weighted by molar-refractivity contribution is 6.30. The molecule has 0 N–H and O–H groups in total. The number of hydrogen-bond acceptors (Lipinski definition) is 4. The van der Waals surface area contributed by atoms with Gasteiger partial charge in [-0.2, -0.15) is 0 Å². The fourth-order valence-corrected chi connectivity index (χ4v) is 3.65. The van der Waals surface area contributed by atoms with Crippen LogP contribution in [0.1, 0.15) is 24.2 Å². The van der Waals surface area contributed by atoms with Crippen LogP contribution in [0, 0.1) is 12.7 Å². The van der Waals surface area contributed by atoms with Gasteiger partial charge in [-0.05, 0) is 43.7 Å². The number of hydrogen-bond donors (Lipinski definition) is 0. The van der Waals surface area contributed by atoms with E-state index >= 15 is 0 Å². The molecular formula is C24H21ClFN3O3. The van der Waals surface area contributed by atoms with Crippen LogP contribution in [0.25, 0.3) is 5.69 Å². The Morgan fingerprint density at radius 2 is 1.91 bits per heavy atom. The Balaban J connectivity index is 1.68. The lowest BCUT2D eigenvalue weighted by Crippen LogP contribution is -2.24. The number of halogens is 2. The number of ether oxygens (including phenoxy) is 2. The van der Waals surface area contributed by atoms with Gasteiger partial charge in [-0.25, -0.2) is 9.37 Å². The number of aromatic nitrogens is 3. The Kier molecular flexibility index (Phi) is 6.01. The summed E-state index contributed by atoms with van der Waals surface area (Å²) in [7, 11) is 1.55. The summed E-state index contributed by atoms with van der Waals surface area (Å²) in [4.78, 5) is 17.3. The van der Waals surface area contributed by atoms with Crippen LogP contribution in [-0.4, -0.2) is 21.2 Å². The number of pyridine rings is 1. The van der Waals surface area contributed by atoms with Crippen LogP contribution in [0.2, 0.25) is 5.02 Å². The van der Waals surface area contributed by atoms with Gasteiger partial charge in [0.25, 0.3) is 5.56 Å². The van der Waals surface area contributed by atoms with E-state index in [1.807, 2.05) is 23.8 Å². The molecule has 0 fully saturated rings. The maximum absolute atomic E-state index is 13.7. The van der Waals surface area contributed by atoms with E-state index in [9.17, 15) is 9.18 Å². The average molecular weight is 454 g/mol. The van der Waals surface area contributed by atoms with E-state index in [0.717, 1.165) is 11.4 Å². The summed E-state index contributed by atoms with van der Waals surface area (Å²) in [5.74, 6) is 0.636. The fourth-order valence-electron chi connectivity index (χ4n) is 3.45. The van der Waals surface area contributed by atoms with Gasteiger partial charge in [-0.3, -0.25) is 4.79 Å². The smallest absolute Gasteiger partial charge is 0.294 e. The second-order valence-electron chi connectivity index (χ2n) is 7.32. The molecule has 0 aliphatic heterocycles. The van der Waals surface area contributed by atoms with Crippen molar-refractivity contribution in [1.82, 2.24) is 14.1 Å². The number of methoxy groups -OCH3 is 1. The van der Waals surface area contributed by atoms with E-state index in [1.54, 1.807) is 44.6 Å². The minimum absolute atomic E-state index is 0.0500. The zero-order valence-corrected chi connectivity index (χ0v) is 18.5. The van der Waals surface area contributed by atoms with Crippen molar-refractivity contribution in [2.45, 2.75) is 19.9 Å². The molecule has 0 unspecified atom stereocenters. The van der Waals surface area contributed by atoms with Gasteiger partial charge in [0.05, 0.1) is 35.9 Å². The molecule has 0 bridgehead atoms. The summed E-state index contributed by atoms with van der Waals surface area (Å²) in [5, 5.41) is 0.320. The average Bonchev–Trinajstić information content (AvgIpc) is 3.21. The molecule has 6 nitrogen and oxygen atoms in total. The standard InChI is InChI=1S/C24H21ClFN3O3/c1-15-12-28(14-27-15)21-8-7-20(11-22(21)31-3)32-23-10-18(25)13-29(24(23)30)16(2)17-5-4-6-19(26)9-17/h4-14,16H,1-3H3/t16-/m0/s1. The largest absolute Gasteiger partial charge is 0.494 e. The van der Waals surface area contributed by atoms with Gasteiger partial charge < -0.3 is 18.6 Å². The van der Waals surface area contributed by atoms with Gasteiger partial charge in [-0.15, -0.1) is 0 Å². The topological polar surface area (TPSA) is 58.3 Å². The maximum atomic E-state index is 13.7. The molecule has 0 spiro atoms.